The fourth-order valence-electron chi connectivity index (χ4n) is 1.43. The predicted octanol–water partition coefficient (Wildman–Crippen LogP) is 0.748. The van der Waals surface area contributed by atoms with E-state index < -0.39 is 6.04 Å². The standard InChI is InChI=1S/C11H13BClNO2/c12-11(16)14-9(10(15)7-13)6-8-4-2-1-3-5-8/h1-5,9H,6-7,12H2,(H,14,16). The zero-order valence-corrected chi connectivity index (χ0v) is 9.83. The average molecular weight is 237 g/mol. The molecule has 1 unspecified atom stereocenters. The van der Waals surface area contributed by atoms with E-state index in [1.165, 1.54) is 7.85 Å². The van der Waals surface area contributed by atoms with Gasteiger partial charge in [-0.25, -0.2) is 0 Å². The van der Waals surface area contributed by atoms with Crippen LogP contribution in [-0.2, 0) is 11.2 Å². The van der Waals surface area contributed by atoms with Crippen LogP contribution in [0, 0.1) is 0 Å². The third kappa shape index (κ3) is 4.07. The zero-order chi connectivity index (χ0) is 12.0. The van der Waals surface area contributed by atoms with Crippen LogP contribution < -0.4 is 5.32 Å². The van der Waals surface area contributed by atoms with Crippen LogP contribution in [0.4, 0.5) is 4.79 Å². The van der Waals surface area contributed by atoms with Gasteiger partial charge in [0.25, 0.3) is 0 Å². The smallest absolute Gasteiger partial charge is 0.215 e. The van der Waals surface area contributed by atoms with E-state index in [0.717, 1.165) is 5.56 Å². The monoisotopic (exact) mass is 237 g/mol. The molecule has 1 rings (SSSR count). The van der Waals surface area contributed by atoms with Crippen molar-refractivity contribution in [1.82, 2.24) is 5.32 Å². The van der Waals surface area contributed by atoms with Crippen molar-refractivity contribution in [2.24, 2.45) is 0 Å². The SMILES string of the molecule is BC(=O)NC(Cc1ccccc1)C(=O)CCl. The molecule has 0 saturated heterocycles. The topological polar surface area (TPSA) is 46.2 Å². The molecule has 1 amide bonds. The van der Waals surface area contributed by atoms with Crippen molar-refractivity contribution < 1.29 is 9.59 Å². The number of carbonyl (C=O) groups is 2. The Morgan fingerprint density at radius 1 is 1.31 bits per heavy atom. The Hall–Kier alpha value is -1.29. The molecule has 0 radical (unpaired) electrons. The van der Waals surface area contributed by atoms with Gasteiger partial charge in [0.1, 0.15) is 0 Å². The molecule has 1 atom stereocenters. The van der Waals surface area contributed by atoms with Crippen molar-refractivity contribution in [3.8, 4) is 0 Å². The minimum Gasteiger partial charge on any atom is -0.355 e. The maximum Gasteiger partial charge on any atom is 0.215 e. The van der Waals surface area contributed by atoms with Gasteiger partial charge in [0.05, 0.1) is 11.9 Å². The molecule has 0 spiro atoms. The number of carbonyl (C=O) groups excluding carboxylic acids is 2. The number of amides is 1. The number of rotatable bonds is 5. The number of hydrogen-bond acceptors (Lipinski definition) is 2. The molecule has 3 nitrogen and oxygen atoms in total. The first kappa shape index (κ1) is 12.8. The normalized spacial score (nSPS) is 11.8. The number of hydrogen-bond donors (Lipinski definition) is 1. The summed E-state index contributed by atoms with van der Waals surface area (Å²) in [6, 6.07) is 8.99. The lowest BCUT2D eigenvalue weighted by atomic mass is 10.0. The van der Waals surface area contributed by atoms with Crippen LogP contribution in [0.1, 0.15) is 5.56 Å². The Labute approximate surface area is 101 Å². The van der Waals surface area contributed by atoms with Gasteiger partial charge < -0.3 is 5.32 Å². The van der Waals surface area contributed by atoms with Crippen molar-refractivity contribution in [2.45, 2.75) is 12.5 Å². The van der Waals surface area contributed by atoms with Gasteiger partial charge in [0.15, 0.2) is 11.6 Å². The van der Waals surface area contributed by atoms with E-state index in [1.807, 2.05) is 30.3 Å². The van der Waals surface area contributed by atoms with Gasteiger partial charge in [-0.15, -0.1) is 11.6 Å². The molecule has 0 heterocycles. The van der Waals surface area contributed by atoms with E-state index >= 15 is 0 Å². The molecule has 0 aliphatic carbocycles. The van der Waals surface area contributed by atoms with Gasteiger partial charge in [-0.05, 0) is 12.0 Å². The van der Waals surface area contributed by atoms with Crippen LogP contribution in [0.25, 0.3) is 0 Å². The number of benzene rings is 1. The van der Waals surface area contributed by atoms with Crippen molar-refractivity contribution in [3.05, 3.63) is 35.9 Å². The molecule has 0 aliphatic heterocycles. The molecule has 1 N–H and O–H groups in total. The second-order valence-corrected chi connectivity index (χ2v) is 3.81. The molecule has 0 aromatic heterocycles. The number of ketones is 1. The molecule has 0 saturated carbocycles. The highest BCUT2D eigenvalue weighted by atomic mass is 35.5. The summed E-state index contributed by atoms with van der Waals surface area (Å²) < 4.78 is 0. The highest BCUT2D eigenvalue weighted by Crippen LogP contribution is 2.04. The quantitative estimate of drug-likeness (QED) is 0.607. The Morgan fingerprint density at radius 2 is 1.94 bits per heavy atom. The van der Waals surface area contributed by atoms with Crippen LogP contribution in [0.15, 0.2) is 30.3 Å². The minimum atomic E-state index is -0.530. The summed E-state index contributed by atoms with van der Waals surface area (Å²) in [5.41, 5.74) is 1.000. The molecule has 0 bridgehead atoms. The fourth-order valence-corrected chi connectivity index (χ4v) is 1.62. The number of alkyl halides is 1. The summed E-state index contributed by atoms with van der Waals surface area (Å²) >= 11 is 5.50. The van der Waals surface area contributed by atoms with E-state index in [0.29, 0.717) is 6.42 Å². The zero-order valence-electron chi connectivity index (χ0n) is 9.07. The maximum atomic E-state index is 11.5. The molecule has 1 aromatic carbocycles. The third-order valence-corrected chi connectivity index (χ3v) is 2.44. The lowest BCUT2D eigenvalue weighted by Gasteiger charge is -2.15. The summed E-state index contributed by atoms with van der Waals surface area (Å²) in [5, 5.41) is 2.61. The number of halogens is 1. The Balaban J connectivity index is 2.70. The van der Waals surface area contributed by atoms with Crippen molar-refractivity contribution in [1.29, 1.82) is 0 Å². The average Bonchev–Trinajstić information content (AvgIpc) is 2.28. The van der Waals surface area contributed by atoms with Gasteiger partial charge in [0, 0.05) is 0 Å². The second-order valence-electron chi connectivity index (χ2n) is 3.54. The summed E-state index contributed by atoms with van der Waals surface area (Å²) in [6.45, 7) is 0. The van der Waals surface area contributed by atoms with Crippen molar-refractivity contribution in [3.63, 3.8) is 0 Å². The second kappa shape index (κ2) is 6.33. The molecule has 0 aliphatic rings. The van der Waals surface area contributed by atoms with Crippen LogP contribution in [-0.4, -0.2) is 31.4 Å². The summed E-state index contributed by atoms with van der Waals surface area (Å²) in [4.78, 5) is 22.5. The lowest BCUT2D eigenvalue weighted by Crippen LogP contribution is -2.42. The van der Waals surface area contributed by atoms with Gasteiger partial charge >= 0.3 is 0 Å². The Bertz CT molecular complexity index is 370. The first-order valence-corrected chi connectivity index (χ1v) is 5.56. The lowest BCUT2D eigenvalue weighted by molar-refractivity contribution is -0.118. The Morgan fingerprint density at radius 3 is 2.44 bits per heavy atom. The van der Waals surface area contributed by atoms with E-state index in [9.17, 15) is 9.59 Å². The highest BCUT2D eigenvalue weighted by Gasteiger charge is 2.18. The van der Waals surface area contributed by atoms with Crippen LogP contribution >= 0.6 is 11.6 Å². The predicted molar refractivity (Wildman–Crippen MR) is 66.7 cm³/mol. The van der Waals surface area contributed by atoms with Gasteiger partial charge in [-0.1, -0.05) is 30.3 Å². The van der Waals surface area contributed by atoms with Gasteiger partial charge in [-0.3, -0.25) is 9.59 Å². The van der Waals surface area contributed by atoms with Crippen molar-refractivity contribution in [2.75, 3.05) is 5.88 Å². The van der Waals surface area contributed by atoms with Crippen molar-refractivity contribution >= 4 is 31.0 Å². The molecule has 16 heavy (non-hydrogen) atoms. The van der Waals surface area contributed by atoms with E-state index in [1.54, 1.807) is 0 Å². The minimum absolute atomic E-state index is 0.0855. The molecule has 1 aromatic rings. The number of nitrogens with one attached hydrogen (secondary N) is 1. The maximum absolute atomic E-state index is 11.5. The van der Waals surface area contributed by atoms with E-state index in [-0.39, 0.29) is 17.5 Å². The third-order valence-electron chi connectivity index (χ3n) is 2.18. The molecule has 84 valence electrons. The van der Waals surface area contributed by atoms with Gasteiger partial charge in [-0.2, -0.15) is 0 Å². The largest absolute Gasteiger partial charge is 0.355 e. The van der Waals surface area contributed by atoms with E-state index in [4.69, 9.17) is 11.6 Å². The van der Waals surface area contributed by atoms with Crippen LogP contribution in [0.3, 0.4) is 0 Å². The van der Waals surface area contributed by atoms with Gasteiger partial charge in [0.2, 0.25) is 7.85 Å². The molecule has 0 fully saturated rings. The summed E-state index contributed by atoms with van der Waals surface area (Å²) in [5.74, 6) is -0.474. The number of Topliss-reactive ketones (excluding diaryl/α,β-unsaturated/α-hetero) is 1. The first-order valence-electron chi connectivity index (χ1n) is 5.03. The molecular formula is C11H13BClNO2. The molecule has 5 heteroatoms. The van der Waals surface area contributed by atoms with Crippen LogP contribution in [0.2, 0.25) is 0 Å². The first-order chi connectivity index (χ1) is 7.63. The van der Waals surface area contributed by atoms with Crippen LogP contribution in [0.5, 0.6) is 0 Å². The summed E-state index contributed by atoms with van der Waals surface area (Å²) in [6.07, 6.45) is 0.478. The summed E-state index contributed by atoms with van der Waals surface area (Å²) in [7, 11) is 1.39. The van der Waals surface area contributed by atoms with E-state index in [2.05, 4.69) is 5.32 Å². The highest BCUT2D eigenvalue weighted by molar-refractivity contribution is 6.57. The fraction of sp³-hybridized carbons (Fsp3) is 0.273. The molecular weight excluding hydrogens is 224 g/mol. The Kier molecular flexibility index (Phi) is 5.06.